The number of amides is 3. The van der Waals surface area contributed by atoms with Crippen molar-refractivity contribution in [1.82, 2.24) is 14.9 Å². The van der Waals surface area contributed by atoms with Gasteiger partial charge in [0.1, 0.15) is 30.0 Å². The summed E-state index contributed by atoms with van der Waals surface area (Å²) in [5, 5.41) is 15.8. The number of carbonyl (C=O) groups excluding carboxylic acids is 3. The van der Waals surface area contributed by atoms with Gasteiger partial charge in [0.25, 0.3) is 0 Å². The normalized spacial score (nSPS) is 20.9. The van der Waals surface area contributed by atoms with Gasteiger partial charge in [-0.25, -0.2) is 14.8 Å². The number of hydrogen-bond acceptors (Lipinski definition) is 9. The van der Waals surface area contributed by atoms with Crippen LogP contribution in [0.15, 0.2) is 18.3 Å². The summed E-state index contributed by atoms with van der Waals surface area (Å²) in [5.41, 5.74) is 2.64. The van der Waals surface area contributed by atoms with Crippen LogP contribution in [0.4, 0.5) is 22.1 Å². The van der Waals surface area contributed by atoms with Crippen LogP contribution in [0.5, 0.6) is 0 Å². The Morgan fingerprint density at radius 3 is 2.95 bits per heavy atom. The summed E-state index contributed by atoms with van der Waals surface area (Å²) in [6.45, 7) is 1.78. The minimum atomic E-state index is -0.434. The third-order valence-corrected chi connectivity index (χ3v) is 7.64. The van der Waals surface area contributed by atoms with Crippen LogP contribution in [-0.2, 0) is 27.2 Å². The highest BCUT2D eigenvalue weighted by atomic mass is 16.5. The second kappa shape index (κ2) is 12.4. The fourth-order valence-electron chi connectivity index (χ4n) is 5.57. The van der Waals surface area contributed by atoms with Gasteiger partial charge in [-0.3, -0.25) is 19.8 Å². The van der Waals surface area contributed by atoms with E-state index in [0.717, 1.165) is 31.2 Å². The van der Waals surface area contributed by atoms with Gasteiger partial charge in [0.15, 0.2) is 6.29 Å². The number of aldehydes is 1. The number of methoxy groups -OCH3 is 1. The highest BCUT2D eigenvalue weighted by Crippen LogP contribution is 2.30. The lowest BCUT2D eigenvalue weighted by Gasteiger charge is -2.30. The van der Waals surface area contributed by atoms with Gasteiger partial charge in [0, 0.05) is 51.2 Å². The lowest BCUT2D eigenvalue weighted by atomic mass is 10.0. The molecule has 3 aliphatic rings. The molecule has 2 fully saturated rings. The van der Waals surface area contributed by atoms with Crippen LogP contribution in [0.2, 0.25) is 0 Å². The highest BCUT2D eigenvalue weighted by molar-refractivity contribution is 6.02. The van der Waals surface area contributed by atoms with Gasteiger partial charge in [-0.15, -0.1) is 0 Å². The summed E-state index contributed by atoms with van der Waals surface area (Å²) < 4.78 is 10.9. The van der Waals surface area contributed by atoms with Crippen molar-refractivity contribution in [3.63, 3.8) is 0 Å². The van der Waals surface area contributed by atoms with Crippen molar-refractivity contribution in [3.05, 3.63) is 40.7 Å². The molecule has 12 nitrogen and oxygen atoms in total. The summed E-state index contributed by atoms with van der Waals surface area (Å²) >= 11 is 0. The first-order chi connectivity index (χ1) is 19.5. The lowest BCUT2D eigenvalue weighted by Crippen LogP contribution is -2.40. The van der Waals surface area contributed by atoms with Gasteiger partial charge in [-0.2, -0.15) is 5.26 Å². The molecule has 1 unspecified atom stereocenters. The van der Waals surface area contributed by atoms with Crippen LogP contribution in [0, 0.1) is 11.3 Å². The maximum atomic E-state index is 13.4. The summed E-state index contributed by atoms with van der Waals surface area (Å²) in [4.78, 5) is 49.8. The van der Waals surface area contributed by atoms with Crippen molar-refractivity contribution in [3.8, 4) is 6.07 Å². The fraction of sp³-hybridized carbons (Fsp3) is 0.500. The minimum absolute atomic E-state index is 0.0248. The van der Waals surface area contributed by atoms with Crippen molar-refractivity contribution in [1.29, 1.82) is 5.26 Å². The molecule has 2 aliphatic heterocycles. The Hall–Kier alpha value is -4.08. The summed E-state index contributed by atoms with van der Waals surface area (Å²) in [5.74, 6) is 0.586. The average molecular weight is 548 g/mol. The number of hydrogen-bond donors (Lipinski definition) is 2. The van der Waals surface area contributed by atoms with E-state index in [0.29, 0.717) is 67.3 Å². The van der Waals surface area contributed by atoms with E-state index >= 15 is 0 Å². The predicted molar refractivity (Wildman–Crippen MR) is 146 cm³/mol. The van der Waals surface area contributed by atoms with Crippen molar-refractivity contribution in [2.45, 2.75) is 57.2 Å². The Morgan fingerprint density at radius 1 is 1.27 bits per heavy atom. The quantitative estimate of drug-likeness (QED) is 0.499. The fourth-order valence-corrected chi connectivity index (χ4v) is 5.57. The van der Waals surface area contributed by atoms with Crippen LogP contribution in [-0.4, -0.2) is 78.7 Å². The van der Waals surface area contributed by atoms with Gasteiger partial charge in [-0.05, 0) is 50.2 Å². The SMILES string of the molecule is CO[C@@H]1CCCC1Nc1cc(NC(=O)N2CCCc3cc(CN4CCCOCC4=O)c(C=O)nc32)ncc1C#N. The Balaban J connectivity index is 1.35. The summed E-state index contributed by atoms with van der Waals surface area (Å²) in [6, 6.07) is 5.31. The molecule has 5 rings (SSSR count). The Labute approximate surface area is 232 Å². The molecule has 40 heavy (non-hydrogen) atoms. The van der Waals surface area contributed by atoms with E-state index in [2.05, 4.69) is 26.7 Å². The van der Waals surface area contributed by atoms with E-state index in [9.17, 15) is 19.6 Å². The van der Waals surface area contributed by atoms with Crippen LogP contribution in [0.1, 0.15) is 59.3 Å². The molecule has 2 atom stereocenters. The number of nitrogens with zero attached hydrogens (tertiary/aromatic N) is 5. The molecule has 2 N–H and O–H groups in total. The maximum Gasteiger partial charge on any atom is 0.328 e. The van der Waals surface area contributed by atoms with Crippen LogP contribution >= 0.6 is 0 Å². The zero-order chi connectivity index (χ0) is 28.1. The number of rotatable bonds is 7. The molecule has 0 spiro atoms. The van der Waals surface area contributed by atoms with Gasteiger partial charge in [-0.1, -0.05) is 0 Å². The number of nitriles is 1. The third-order valence-electron chi connectivity index (χ3n) is 7.64. The topological polar surface area (TPSA) is 150 Å². The molecular formula is C28H33N7O5. The number of urea groups is 1. The first kappa shape index (κ1) is 27.5. The largest absolute Gasteiger partial charge is 0.379 e. The first-order valence-electron chi connectivity index (χ1n) is 13.6. The van der Waals surface area contributed by atoms with Gasteiger partial charge >= 0.3 is 6.03 Å². The number of nitrogens with one attached hydrogen (secondary N) is 2. The number of anilines is 3. The molecule has 0 radical (unpaired) electrons. The maximum absolute atomic E-state index is 13.4. The number of fused-ring (bicyclic) bond motifs is 1. The number of ether oxygens (including phenoxy) is 2. The van der Waals surface area contributed by atoms with Crippen LogP contribution < -0.4 is 15.5 Å². The molecule has 0 bridgehead atoms. The van der Waals surface area contributed by atoms with Crippen molar-refractivity contribution in [2.24, 2.45) is 0 Å². The molecule has 1 aliphatic carbocycles. The van der Waals surface area contributed by atoms with Crippen molar-refractivity contribution in [2.75, 3.05) is 48.9 Å². The highest BCUT2D eigenvalue weighted by Gasteiger charge is 2.29. The molecule has 0 aromatic carbocycles. The third kappa shape index (κ3) is 5.90. The molecule has 2 aromatic rings. The molecule has 4 heterocycles. The molecule has 12 heteroatoms. The molecule has 210 valence electrons. The Kier molecular flexibility index (Phi) is 8.52. The number of aromatic nitrogens is 2. The Morgan fingerprint density at radius 2 is 2.15 bits per heavy atom. The molecule has 2 aromatic heterocycles. The smallest absolute Gasteiger partial charge is 0.328 e. The average Bonchev–Trinajstić information content (AvgIpc) is 3.32. The Bertz CT molecular complexity index is 1330. The van der Waals surface area contributed by atoms with E-state index in [-0.39, 0.29) is 36.9 Å². The number of pyridine rings is 2. The molecule has 1 saturated carbocycles. The second-order valence-electron chi connectivity index (χ2n) is 10.2. The van der Waals surface area contributed by atoms with E-state index in [4.69, 9.17) is 9.47 Å². The number of carbonyl (C=O) groups is 3. The molecule has 1 saturated heterocycles. The lowest BCUT2D eigenvalue weighted by molar-refractivity contribution is -0.134. The zero-order valence-electron chi connectivity index (χ0n) is 22.5. The van der Waals surface area contributed by atoms with E-state index in [1.807, 2.05) is 6.07 Å². The monoisotopic (exact) mass is 547 g/mol. The number of aryl methyl sites for hydroxylation is 1. The van der Waals surface area contributed by atoms with E-state index < -0.39 is 6.03 Å². The van der Waals surface area contributed by atoms with E-state index in [1.54, 1.807) is 18.1 Å². The van der Waals surface area contributed by atoms with Gasteiger partial charge in [0.05, 0.1) is 23.4 Å². The second-order valence-corrected chi connectivity index (χ2v) is 10.2. The zero-order valence-corrected chi connectivity index (χ0v) is 22.5. The summed E-state index contributed by atoms with van der Waals surface area (Å²) in [6.07, 6.45) is 7.18. The predicted octanol–water partition coefficient (Wildman–Crippen LogP) is 2.87. The standard InChI is InChI=1S/C28H33N7O5/c1-39-24-7-2-6-21(24)31-22-12-25(30-14-20(22)13-29)33-28(38)35-9-3-5-18-11-19(23(16-36)32-27(18)35)15-34-8-4-10-40-17-26(34)37/h11-12,14,16,21,24H,2-10,15,17H2,1H3,(H2,30,31,33,38)/t21?,24-/m1/s1. The van der Waals surface area contributed by atoms with Gasteiger partial charge in [0.2, 0.25) is 5.91 Å². The molecule has 3 amide bonds. The van der Waals surface area contributed by atoms with Crippen molar-refractivity contribution < 1.29 is 23.9 Å². The van der Waals surface area contributed by atoms with Gasteiger partial charge < -0.3 is 19.7 Å². The minimum Gasteiger partial charge on any atom is -0.379 e. The summed E-state index contributed by atoms with van der Waals surface area (Å²) in [7, 11) is 1.68. The van der Waals surface area contributed by atoms with Crippen LogP contribution in [0.25, 0.3) is 0 Å². The van der Waals surface area contributed by atoms with E-state index in [1.165, 1.54) is 11.1 Å². The van der Waals surface area contributed by atoms with Crippen LogP contribution in [0.3, 0.4) is 0 Å². The molecular weight excluding hydrogens is 514 g/mol. The first-order valence-corrected chi connectivity index (χ1v) is 13.6. The van der Waals surface area contributed by atoms with Crippen molar-refractivity contribution >= 4 is 35.5 Å².